The van der Waals surface area contributed by atoms with Crippen molar-refractivity contribution in [3.8, 4) is 0 Å². The van der Waals surface area contributed by atoms with Crippen molar-refractivity contribution in [3.05, 3.63) is 0 Å². The lowest BCUT2D eigenvalue weighted by Crippen LogP contribution is -2.31. The highest BCUT2D eigenvalue weighted by atomic mass is 16.3. The summed E-state index contributed by atoms with van der Waals surface area (Å²) in [6, 6.07) is 0. The molecule has 1 aliphatic rings. The summed E-state index contributed by atoms with van der Waals surface area (Å²) in [7, 11) is 0. The average Bonchev–Trinajstić information content (AvgIpc) is 1.86. The molecule has 1 saturated carbocycles. The van der Waals surface area contributed by atoms with Gasteiger partial charge in [0.1, 0.15) is 0 Å². The van der Waals surface area contributed by atoms with Crippen molar-refractivity contribution in [2.24, 2.45) is 5.92 Å². The van der Waals surface area contributed by atoms with Crippen LogP contribution in [0.15, 0.2) is 0 Å². The van der Waals surface area contributed by atoms with Gasteiger partial charge < -0.3 is 5.11 Å². The first-order chi connectivity index (χ1) is 4.64. The van der Waals surface area contributed by atoms with Crippen LogP contribution < -0.4 is 0 Å². The SMILES string of the molecule is CC[C@H]1CCC[C@@](C)(O)C1. The smallest absolute Gasteiger partial charge is 0.0622 e. The van der Waals surface area contributed by atoms with Gasteiger partial charge in [-0.1, -0.05) is 26.2 Å². The fourth-order valence-corrected chi connectivity index (χ4v) is 1.95. The van der Waals surface area contributed by atoms with Crippen LogP contribution in [0.4, 0.5) is 0 Å². The van der Waals surface area contributed by atoms with Gasteiger partial charge in [0.15, 0.2) is 0 Å². The Balaban J connectivity index is 2.40. The number of hydrogen-bond acceptors (Lipinski definition) is 1. The van der Waals surface area contributed by atoms with Gasteiger partial charge in [-0.3, -0.25) is 0 Å². The fourth-order valence-electron chi connectivity index (χ4n) is 1.95. The average molecular weight is 142 g/mol. The second kappa shape index (κ2) is 2.91. The van der Waals surface area contributed by atoms with Gasteiger partial charge in [0, 0.05) is 0 Å². The molecule has 0 aliphatic heterocycles. The standard InChI is InChI=1S/C9H18O/c1-3-8-5-4-6-9(2,10)7-8/h8,10H,3-7H2,1-2H3/t8-,9+/m0/s1. The molecule has 0 aromatic rings. The summed E-state index contributed by atoms with van der Waals surface area (Å²) >= 11 is 0. The van der Waals surface area contributed by atoms with Crippen molar-refractivity contribution in [2.75, 3.05) is 0 Å². The van der Waals surface area contributed by atoms with E-state index in [1.165, 1.54) is 19.3 Å². The maximum atomic E-state index is 9.68. The molecule has 0 aromatic carbocycles. The highest BCUT2D eigenvalue weighted by Crippen LogP contribution is 2.33. The Morgan fingerprint density at radius 2 is 2.30 bits per heavy atom. The highest BCUT2D eigenvalue weighted by molar-refractivity contribution is 4.81. The van der Waals surface area contributed by atoms with Crippen LogP contribution in [0.25, 0.3) is 0 Å². The Bertz CT molecular complexity index is 107. The maximum Gasteiger partial charge on any atom is 0.0622 e. The van der Waals surface area contributed by atoms with E-state index in [1.54, 1.807) is 0 Å². The first-order valence-electron chi connectivity index (χ1n) is 4.36. The van der Waals surface area contributed by atoms with Gasteiger partial charge in [0.2, 0.25) is 0 Å². The third-order valence-electron chi connectivity index (χ3n) is 2.63. The number of hydrogen-bond donors (Lipinski definition) is 1. The Kier molecular flexibility index (Phi) is 2.35. The van der Waals surface area contributed by atoms with Gasteiger partial charge in [0.25, 0.3) is 0 Å². The van der Waals surface area contributed by atoms with Crippen LogP contribution in [0.2, 0.25) is 0 Å². The summed E-state index contributed by atoms with van der Waals surface area (Å²) in [5.74, 6) is 0.781. The molecule has 10 heavy (non-hydrogen) atoms. The molecule has 1 aliphatic carbocycles. The molecule has 0 bridgehead atoms. The Morgan fingerprint density at radius 3 is 2.70 bits per heavy atom. The number of aliphatic hydroxyl groups is 1. The third kappa shape index (κ3) is 1.98. The van der Waals surface area contributed by atoms with Crippen LogP contribution in [0.5, 0.6) is 0 Å². The van der Waals surface area contributed by atoms with Gasteiger partial charge in [-0.05, 0) is 25.7 Å². The monoisotopic (exact) mass is 142 g/mol. The van der Waals surface area contributed by atoms with E-state index in [2.05, 4.69) is 6.92 Å². The molecule has 0 heterocycles. The summed E-state index contributed by atoms with van der Waals surface area (Å²) in [6.45, 7) is 4.18. The van der Waals surface area contributed by atoms with Gasteiger partial charge in [0.05, 0.1) is 5.60 Å². The van der Waals surface area contributed by atoms with Crippen molar-refractivity contribution < 1.29 is 5.11 Å². The summed E-state index contributed by atoms with van der Waals surface area (Å²) in [5, 5.41) is 9.68. The molecular weight excluding hydrogens is 124 g/mol. The van der Waals surface area contributed by atoms with E-state index in [1.807, 2.05) is 6.92 Å². The maximum absolute atomic E-state index is 9.68. The Labute approximate surface area is 63.4 Å². The minimum atomic E-state index is -0.348. The lowest BCUT2D eigenvalue weighted by atomic mass is 9.78. The molecule has 1 fully saturated rings. The molecular formula is C9H18O. The Morgan fingerprint density at radius 1 is 1.60 bits per heavy atom. The lowest BCUT2D eigenvalue weighted by Gasteiger charge is -2.33. The van der Waals surface area contributed by atoms with Crippen molar-refractivity contribution in [1.82, 2.24) is 0 Å². The van der Waals surface area contributed by atoms with Crippen molar-refractivity contribution >= 4 is 0 Å². The van der Waals surface area contributed by atoms with Gasteiger partial charge >= 0.3 is 0 Å². The normalized spacial score (nSPS) is 41.7. The summed E-state index contributed by atoms with van der Waals surface area (Å²) in [4.78, 5) is 0. The van der Waals surface area contributed by atoms with Crippen LogP contribution in [0.1, 0.15) is 46.0 Å². The van der Waals surface area contributed by atoms with E-state index >= 15 is 0 Å². The molecule has 2 atom stereocenters. The molecule has 1 nitrogen and oxygen atoms in total. The lowest BCUT2D eigenvalue weighted by molar-refractivity contribution is 0.000465. The summed E-state index contributed by atoms with van der Waals surface area (Å²) in [6.07, 6.45) is 5.79. The molecule has 0 amide bonds. The number of rotatable bonds is 1. The summed E-state index contributed by atoms with van der Waals surface area (Å²) in [5.41, 5.74) is -0.348. The minimum Gasteiger partial charge on any atom is -0.390 e. The quantitative estimate of drug-likeness (QED) is 0.595. The molecule has 0 radical (unpaired) electrons. The van der Waals surface area contributed by atoms with Crippen LogP contribution in [-0.4, -0.2) is 10.7 Å². The van der Waals surface area contributed by atoms with Crippen LogP contribution >= 0.6 is 0 Å². The fraction of sp³-hybridized carbons (Fsp3) is 1.00. The van der Waals surface area contributed by atoms with E-state index in [0.29, 0.717) is 0 Å². The molecule has 0 aromatic heterocycles. The first kappa shape index (κ1) is 8.06. The topological polar surface area (TPSA) is 20.2 Å². The third-order valence-corrected chi connectivity index (χ3v) is 2.63. The molecule has 1 N–H and O–H groups in total. The van der Waals surface area contributed by atoms with Crippen molar-refractivity contribution in [2.45, 2.75) is 51.6 Å². The zero-order valence-electron chi connectivity index (χ0n) is 7.06. The van der Waals surface area contributed by atoms with Crippen LogP contribution in [0.3, 0.4) is 0 Å². The first-order valence-corrected chi connectivity index (χ1v) is 4.36. The van der Waals surface area contributed by atoms with E-state index in [4.69, 9.17) is 0 Å². The Hall–Kier alpha value is -0.0400. The molecule has 0 unspecified atom stereocenters. The van der Waals surface area contributed by atoms with Gasteiger partial charge in [-0.15, -0.1) is 0 Å². The molecule has 0 saturated heterocycles. The van der Waals surface area contributed by atoms with E-state index in [9.17, 15) is 5.11 Å². The minimum absolute atomic E-state index is 0.348. The van der Waals surface area contributed by atoms with Gasteiger partial charge in [-0.2, -0.15) is 0 Å². The highest BCUT2D eigenvalue weighted by Gasteiger charge is 2.28. The van der Waals surface area contributed by atoms with E-state index < -0.39 is 0 Å². The van der Waals surface area contributed by atoms with Crippen molar-refractivity contribution in [1.29, 1.82) is 0 Å². The van der Waals surface area contributed by atoms with Crippen LogP contribution in [-0.2, 0) is 0 Å². The van der Waals surface area contributed by atoms with E-state index in [0.717, 1.165) is 18.8 Å². The van der Waals surface area contributed by atoms with Crippen molar-refractivity contribution in [3.63, 3.8) is 0 Å². The zero-order valence-corrected chi connectivity index (χ0v) is 7.06. The predicted molar refractivity (Wildman–Crippen MR) is 42.9 cm³/mol. The molecule has 1 rings (SSSR count). The van der Waals surface area contributed by atoms with Gasteiger partial charge in [-0.25, -0.2) is 0 Å². The summed E-state index contributed by atoms with van der Waals surface area (Å²) < 4.78 is 0. The molecule has 60 valence electrons. The predicted octanol–water partition coefficient (Wildman–Crippen LogP) is 2.34. The molecule has 0 spiro atoms. The second-order valence-electron chi connectivity index (χ2n) is 3.87. The van der Waals surface area contributed by atoms with E-state index in [-0.39, 0.29) is 5.60 Å². The largest absolute Gasteiger partial charge is 0.390 e. The zero-order chi connectivity index (χ0) is 7.61. The second-order valence-corrected chi connectivity index (χ2v) is 3.87. The van der Waals surface area contributed by atoms with Crippen LogP contribution in [0, 0.1) is 5.92 Å². The molecule has 1 heteroatoms.